The van der Waals surface area contributed by atoms with Crippen LogP contribution in [0.5, 0.6) is 0 Å². The SMILES string of the molecule is [N-]=[N+]=Nc1cccc(-c2cccc(N=[N+]=[N-])c2)c1. The first kappa shape index (κ1) is 11.5. The van der Waals surface area contributed by atoms with Gasteiger partial charge in [0, 0.05) is 21.2 Å². The molecule has 0 atom stereocenters. The largest absolute Gasteiger partial charge is 0.0612 e. The van der Waals surface area contributed by atoms with Crippen molar-refractivity contribution in [2.45, 2.75) is 0 Å². The highest BCUT2D eigenvalue weighted by Crippen LogP contribution is 2.27. The predicted octanol–water partition coefficient (Wildman–Crippen LogP) is 5.24. The van der Waals surface area contributed by atoms with Crippen molar-refractivity contribution in [2.75, 3.05) is 0 Å². The number of hydrogen-bond donors (Lipinski definition) is 0. The Balaban J connectivity index is 2.47. The molecule has 0 spiro atoms. The Morgan fingerprint density at radius 3 is 1.56 bits per heavy atom. The summed E-state index contributed by atoms with van der Waals surface area (Å²) in [5.74, 6) is 0. The first-order valence-corrected chi connectivity index (χ1v) is 5.14. The van der Waals surface area contributed by atoms with Gasteiger partial charge in [0.15, 0.2) is 0 Å². The summed E-state index contributed by atoms with van der Waals surface area (Å²) in [6.07, 6.45) is 0. The van der Waals surface area contributed by atoms with E-state index in [4.69, 9.17) is 11.1 Å². The number of nitrogens with zero attached hydrogens (tertiary/aromatic N) is 6. The molecule has 0 radical (unpaired) electrons. The van der Waals surface area contributed by atoms with E-state index in [2.05, 4.69) is 20.1 Å². The highest BCUT2D eigenvalue weighted by Gasteiger charge is 1.99. The van der Waals surface area contributed by atoms with Crippen molar-refractivity contribution in [3.63, 3.8) is 0 Å². The smallest absolute Gasteiger partial charge is 0.0381 e. The van der Waals surface area contributed by atoms with Gasteiger partial charge in [-0.1, -0.05) is 46.6 Å². The molecule has 0 aliphatic heterocycles. The topological polar surface area (TPSA) is 97.5 Å². The first-order valence-electron chi connectivity index (χ1n) is 5.14. The Hall–Kier alpha value is -2.94. The summed E-state index contributed by atoms with van der Waals surface area (Å²) in [6, 6.07) is 14.4. The van der Waals surface area contributed by atoms with E-state index in [1.54, 1.807) is 36.4 Å². The Morgan fingerprint density at radius 2 is 1.17 bits per heavy atom. The summed E-state index contributed by atoms with van der Waals surface area (Å²) in [5.41, 5.74) is 19.7. The van der Waals surface area contributed by atoms with Gasteiger partial charge in [0.25, 0.3) is 0 Å². The summed E-state index contributed by atoms with van der Waals surface area (Å²) in [7, 11) is 0. The van der Waals surface area contributed by atoms with Gasteiger partial charge in [-0.25, -0.2) is 0 Å². The Bertz CT molecular complexity index is 606. The van der Waals surface area contributed by atoms with E-state index < -0.39 is 0 Å². The maximum atomic E-state index is 8.40. The van der Waals surface area contributed by atoms with Crippen molar-refractivity contribution in [2.24, 2.45) is 10.2 Å². The highest BCUT2D eigenvalue weighted by atomic mass is 15.1. The molecule has 6 heteroatoms. The zero-order valence-corrected chi connectivity index (χ0v) is 9.30. The van der Waals surface area contributed by atoms with Gasteiger partial charge in [-0.3, -0.25) is 0 Å². The van der Waals surface area contributed by atoms with E-state index in [1.807, 2.05) is 12.1 Å². The van der Waals surface area contributed by atoms with Gasteiger partial charge in [0.2, 0.25) is 0 Å². The van der Waals surface area contributed by atoms with E-state index in [-0.39, 0.29) is 0 Å². The third-order valence-electron chi connectivity index (χ3n) is 2.35. The van der Waals surface area contributed by atoms with E-state index in [9.17, 15) is 0 Å². The molecule has 0 unspecified atom stereocenters. The molecule has 86 valence electrons. The molecule has 0 amide bonds. The quantitative estimate of drug-likeness (QED) is 0.395. The number of benzene rings is 2. The Labute approximate surface area is 103 Å². The molecule has 0 fully saturated rings. The second-order valence-electron chi connectivity index (χ2n) is 3.48. The summed E-state index contributed by atoms with van der Waals surface area (Å²) in [4.78, 5) is 5.49. The summed E-state index contributed by atoms with van der Waals surface area (Å²) < 4.78 is 0. The van der Waals surface area contributed by atoms with E-state index in [1.165, 1.54) is 0 Å². The lowest BCUT2D eigenvalue weighted by atomic mass is 10.0. The fourth-order valence-electron chi connectivity index (χ4n) is 1.60. The summed E-state index contributed by atoms with van der Waals surface area (Å²) in [5, 5.41) is 7.10. The highest BCUT2D eigenvalue weighted by molar-refractivity contribution is 5.69. The van der Waals surface area contributed by atoms with Gasteiger partial charge >= 0.3 is 0 Å². The van der Waals surface area contributed by atoms with Gasteiger partial charge in [-0.2, -0.15) is 0 Å². The molecule has 6 nitrogen and oxygen atoms in total. The fraction of sp³-hybridized carbons (Fsp3) is 0. The second kappa shape index (κ2) is 5.41. The number of azide groups is 2. The predicted molar refractivity (Wildman–Crippen MR) is 69.5 cm³/mol. The molecule has 0 aromatic heterocycles. The minimum absolute atomic E-state index is 0.546. The number of rotatable bonds is 3. The van der Waals surface area contributed by atoms with Crippen molar-refractivity contribution in [1.82, 2.24) is 0 Å². The Kier molecular flexibility index (Phi) is 3.47. The lowest BCUT2D eigenvalue weighted by Crippen LogP contribution is -1.76. The van der Waals surface area contributed by atoms with Crippen LogP contribution >= 0.6 is 0 Å². The standard InChI is InChI=1S/C12H8N6/c13-17-15-11-5-1-3-9(7-11)10-4-2-6-12(8-10)16-18-14/h1-8H. The molecule has 2 rings (SSSR count). The molecule has 0 N–H and O–H groups in total. The van der Waals surface area contributed by atoms with E-state index in [0.717, 1.165) is 11.1 Å². The van der Waals surface area contributed by atoms with Crippen molar-refractivity contribution in [3.05, 3.63) is 69.4 Å². The zero-order chi connectivity index (χ0) is 12.8. The Morgan fingerprint density at radius 1 is 0.722 bits per heavy atom. The lowest BCUT2D eigenvalue weighted by molar-refractivity contribution is 1.45. The van der Waals surface area contributed by atoms with Crippen molar-refractivity contribution >= 4 is 11.4 Å². The maximum absolute atomic E-state index is 8.40. The third kappa shape index (κ3) is 2.59. The van der Waals surface area contributed by atoms with Crippen LogP contribution in [-0.4, -0.2) is 0 Å². The van der Waals surface area contributed by atoms with Gasteiger partial charge < -0.3 is 0 Å². The normalized spacial score (nSPS) is 9.11. The van der Waals surface area contributed by atoms with Crippen LogP contribution in [-0.2, 0) is 0 Å². The van der Waals surface area contributed by atoms with Crippen molar-refractivity contribution in [1.29, 1.82) is 0 Å². The fourth-order valence-corrected chi connectivity index (χ4v) is 1.60. The van der Waals surface area contributed by atoms with Crippen LogP contribution in [0.3, 0.4) is 0 Å². The lowest BCUT2D eigenvalue weighted by Gasteiger charge is -2.03. The van der Waals surface area contributed by atoms with Crippen LogP contribution in [0, 0.1) is 0 Å². The van der Waals surface area contributed by atoms with Gasteiger partial charge in [-0.05, 0) is 34.3 Å². The van der Waals surface area contributed by atoms with Crippen LogP contribution < -0.4 is 0 Å². The van der Waals surface area contributed by atoms with Crippen molar-refractivity contribution < 1.29 is 0 Å². The molecule has 2 aromatic carbocycles. The monoisotopic (exact) mass is 236 g/mol. The summed E-state index contributed by atoms with van der Waals surface area (Å²) >= 11 is 0. The molecular formula is C12H8N6. The molecule has 2 aromatic rings. The minimum Gasteiger partial charge on any atom is -0.0612 e. The average molecular weight is 236 g/mol. The number of hydrogen-bond acceptors (Lipinski definition) is 2. The van der Waals surface area contributed by atoms with Gasteiger partial charge in [0.05, 0.1) is 0 Å². The zero-order valence-electron chi connectivity index (χ0n) is 9.30. The first-order chi connectivity index (χ1) is 8.83. The summed E-state index contributed by atoms with van der Waals surface area (Å²) in [6.45, 7) is 0. The second-order valence-corrected chi connectivity index (χ2v) is 3.48. The van der Waals surface area contributed by atoms with Gasteiger partial charge in [0.1, 0.15) is 0 Å². The maximum Gasteiger partial charge on any atom is 0.0381 e. The van der Waals surface area contributed by atoms with Crippen LogP contribution in [0.25, 0.3) is 32.0 Å². The molecule has 0 bridgehead atoms. The molecular weight excluding hydrogens is 228 g/mol. The molecule has 0 aliphatic carbocycles. The van der Waals surface area contributed by atoms with Crippen LogP contribution in [0.1, 0.15) is 0 Å². The molecule has 0 aliphatic rings. The van der Waals surface area contributed by atoms with Gasteiger partial charge in [-0.15, -0.1) is 0 Å². The van der Waals surface area contributed by atoms with E-state index in [0.29, 0.717) is 11.4 Å². The van der Waals surface area contributed by atoms with Crippen LogP contribution in [0.2, 0.25) is 0 Å². The van der Waals surface area contributed by atoms with Crippen LogP contribution in [0.15, 0.2) is 58.8 Å². The molecule has 0 saturated carbocycles. The minimum atomic E-state index is 0.546. The molecule has 0 heterocycles. The average Bonchev–Trinajstić information content (AvgIpc) is 2.40. The van der Waals surface area contributed by atoms with Crippen molar-refractivity contribution in [3.8, 4) is 11.1 Å². The molecule has 18 heavy (non-hydrogen) atoms. The molecule has 0 saturated heterocycles. The van der Waals surface area contributed by atoms with Crippen LogP contribution in [0.4, 0.5) is 11.4 Å². The third-order valence-corrected chi connectivity index (χ3v) is 2.35. The van der Waals surface area contributed by atoms with E-state index >= 15 is 0 Å².